The second kappa shape index (κ2) is 5.89. The van der Waals surface area contributed by atoms with Crippen molar-refractivity contribution in [2.24, 2.45) is 7.05 Å². The average Bonchev–Trinajstić information content (AvgIpc) is 2.76. The van der Waals surface area contributed by atoms with E-state index in [0.717, 1.165) is 23.0 Å². The number of carbonyl (C=O) groups excluding carboxylic acids is 1. The van der Waals surface area contributed by atoms with E-state index >= 15 is 0 Å². The van der Waals surface area contributed by atoms with Crippen LogP contribution in [0.15, 0.2) is 30.3 Å². The molecule has 1 aromatic carbocycles. The van der Waals surface area contributed by atoms with E-state index in [9.17, 15) is 4.79 Å². The van der Waals surface area contributed by atoms with Gasteiger partial charge in [0.25, 0.3) is 5.91 Å². The molecule has 0 aliphatic rings. The number of amides is 1. The van der Waals surface area contributed by atoms with Crippen LogP contribution in [0.3, 0.4) is 0 Å². The number of para-hydroxylation sites is 1. The molecule has 19 heavy (non-hydrogen) atoms. The molecule has 4 heteroatoms. The van der Waals surface area contributed by atoms with Crippen LogP contribution in [-0.2, 0) is 11.8 Å². The summed E-state index contributed by atoms with van der Waals surface area (Å²) in [6.07, 6.45) is 0.850. The fourth-order valence-electron chi connectivity index (χ4n) is 2.24. The van der Waals surface area contributed by atoms with Crippen molar-refractivity contribution < 1.29 is 9.53 Å². The lowest BCUT2D eigenvalue weighted by molar-refractivity contribution is 0.0770. The zero-order valence-corrected chi connectivity index (χ0v) is 11.7. The van der Waals surface area contributed by atoms with Crippen LogP contribution >= 0.6 is 0 Å². The Kier molecular flexibility index (Phi) is 4.22. The molecule has 0 aliphatic carbocycles. The minimum Gasteiger partial charge on any atom is -0.385 e. The summed E-state index contributed by atoms with van der Waals surface area (Å²) >= 11 is 0. The molecule has 0 bridgehead atoms. The van der Waals surface area contributed by atoms with Crippen LogP contribution in [0.2, 0.25) is 0 Å². The smallest absolute Gasteiger partial charge is 0.270 e. The molecule has 2 aromatic rings. The maximum absolute atomic E-state index is 12.4. The van der Waals surface area contributed by atoms with Crippen molar-refractivity contribution in [2.75, 3.05) is 27.3 Å². The van der Waals surface area contributed by atoms with E-state index in [1.807, 2.05) is 49.0 Å². The number of hydrogen-bond acceptors (Lipinski definition) is 2. The molecular formula is C15H20N2O2. The minimum atomic E-state index is 0.0507. The van der Waals surface area contributed by atoms with E-state index in [0.29, 0.717) is 13.2 Å². The molecule has 1 heterocycles. The highest BCUT2D eigenvalue weighted by molar-refractivity contribution is 5.98. The van der Waals surface area contributed by atoms with Gasteiger partial charge in [-0.2, -0.15) is 0 Å². The van der Waals surface area contributed by atoms with Gasteiger partial charge < -0.3 is 14.2 Å². The van der Waals surface area contributed by atoms with Crippen molar-refractivity contribution >= 4 is 16.8 Å². The van der Waals surface area contributed by atoms with E-state index < -0.39 is 0 Å². The third-order valence-electron chi connectivity index (χ3n) is 3.36. The first kappa shape index (κ1) is 13.6. The molecular weight excluding hydrogens is 240 g/mol. The van der Waals surface area contributed by atoms with Gasteiger partial charge in [0.15, 0.2) is 0 Å². The molecule has 0 fully saturated rings. The van der Waals surface area contributed by atoms with Crippen LogP contribution in [-0.4, -0.2) is 42.7 Å². The predicted octanol–water partition coefficient (Wildman–Crippen LogP) is 2.29. The Balaban J connectivity index is 2.19. The third kappa shape index (κ3) is 2.79. The fraction of sp³-hybridized carbons (Fsp3) is 0.400. The first-order valence-electron chi connectivity index (χ1n) is 6.44. The maximum atomic E-state index is 12.4. The SMILES string of the molecule is COCCCN(C)C(=O)c1cc2ccccc2n1C. The largest absolute Gasteiger partial charge is 0.385 e. The number of hydrogen-bond donors (Lipinski definition) is 0. The van der Waals surface area contributed by atoms with Gasteiger partial charge in [-0.3, -0.25) is 4.79 Å². The highest BCUT2D eigenvalue weighted by Crippen LogP contribution is 2.19. The minimum absolute atomic E-state index is 0.0507. The molecule has 0 saturated carbocycles. The van der Waals surface area contributed by atoms with Gasteiger partial charge in [-0.1, -0.05) is 18.2 Å². The molecule has 0 atom stereocenters. The molecule has 4 nitrogen and oxygen atoms in total. The zero-order chi connectivity index (χ0) is 13.8. The molecule has 0 spiro atoms. The van der Waals surface area contributed by atoms with Gasteiger partial charge in [-0.15, -0.1) is 0 Å². The Labute approximate surface area is 113 Å². The van der Waals surface area contributed by atoms with Crippen molar-refractivity contribution in [1.29, 1.82) is 0 Å². The van der Waals surface area contributed by atoms with Crippen molar-refractivity contribution in [2.45, 2.75) is 6.42 Å². The van der Waals surface area contributed by atoms with Crippen LogP contribution in [0.25, 0.3) is 10.9 Å². The Morgan fingerprint density at radius 2 is 2.11 bits per heavy atom. The van der Waals surface area contributed by atoms with Gasteiger partial charge >= 0.3 is 0 Å². The normalized spacial score (nSPS) is 10.9. The summed E-state index contributed by atoms with van der Waals surface area (Å²) in [6.45, 7) is 1.38. The Hall–Kier alpha value is -1.81. The summed E-state index contributed by atoms with van der Waals surface area (Å²) in [5.74, 6) is 0.0507. The molecule has 0 radical (unpaired) electrons. The number of fused-ring (bicyclic) bond motifs is 1. The average molecular weight is 260 g/mol. The second-order valence-corrected chi connectivity index (χ2v) is 4.72. The van der Waals surface area contributed by atoms with Crippen molar-refractivity contribution in [3.05, 3.63) is 36.0 Å². The molecule has 1 aromatic heterocycles. The van der Waals surface area contributed by atoms with E-state index in [2.05, 4.69) is 0 Å². The summed E-state index contributed by atoms with van der Waals surface area (Å²) in [4.78, 5) is 14.1. The lowest BCUT2D eigenvalue weighted by Gasteiger charge is -2.17. The summed E-state index contributed by atoms with van der Waals surface area (Å²) in [5, 5.41) is 1.10. The van der Waals surface area contributed by atoms with Gasteiger partial charge in [0, 0.05) is 45.3 Å². The van der Waals surface area contributed by atoms with Gasteiger partial charge in [0.2, 0.25) is 0 Å². The predicted molar refractivity (Wildman–Crippen MR) is 76.4 cm³/mol. The van der Waals surface area contributed by atoms with Gasteiger partial charge in [0.05, 0.1) is 0 Å². The summed E-state index contributed by atoms with van der Waals surface area (Å²) < 4.78 is 6.96. The second-order valence-electron chi connectivity index (χ2n) is 4.72. The summed E-state index contributed by atoms with van der Waals surface area (Å²) in [5.41, 5.74) is 1.80. The number of aromatic nitrogens is 1. The first-order chi connectivity index (χ1) is 9.15. The number of aryl methyl sites for hydroxylation is 1. The van der Waals surface area contributed by atoms with Gasteiger partial charge in [-0.25, -0.2) is 0 Å². The number of carbonyl (C=O) groups is 1. The third-order valence-corrected chi connectivity index (χ3v) is 3.36. The first-order valence-corrected chi connectivity index (χ1v) is 6.44. The van der Waals surface area contributed by atoms with Crippen LogP contribution in [0.5, 0.6) is 0 Å². The quantitative estimate of drug-likeness (QED) is 0.773. The van der Waals surface area contributed by atoms with E-state index in [1.165, 1.54) is 0 Å². The van der Waals surface area contributed by atoms with Crippen molar-refractivity contribution in [3.8, 4) is 0 Å². The Morgan fingerprint density at radius 3 is 2.79 bits per heavy atom. The molecule has 0 aliphatic heterocycles. The highest BCUT2D eigenvalue weighted by atomic mass is 16.5. The maximum Gasteiger partial charge on any atom is 0.270 e. The van der Waals surface area contributed by atoms with Crippen molar-refractivity contribution in [1.82, 2.24) is 9.47 Å². The van der Waals surface area contributed by atoms with Crippen LogP contribution in [0, 0.1) is 0 Å². The number of methoxy groups -OCH3 is 1. The topological polar surface area (TPSA) is 34.5 Å². The number of rotatable bonds is 5. The molecule has 0 unspecified atom stereocenters. The number of benzene rings is 1. The monoisotopic (exact) mass is 260 g/mol. The molecule has 0 saturated heterocycles. The lowest BCUT2D eigenvalue weighted by atomic mass is 10.2. The summed E-state index contributed by atoms with van der Waals surface area (Å²) in [7, 11) is 5.43. The van der Waals surface area contributed by atoms with E-state index in [4.69, 9.17) is 4.74 Å². The summed E-state index contributed by atoms with van der Waals surface area (Å²) in [6, 6.07) is 9.97. The van der Waals surface area contributed by atoms with Gasteiger partial charge in [0.1, 0.15) is 5.69 Å². The Bertz CT molecular complexity index is 575. The standard InChI is InChI=1S/C15H20N2O2/c1-16(9-6-10-19-3)15(18)14-11-12-7-4-5-8-13(12)17(14)2/h4-5,7-8,11H,6,9-10H2,1-3H3. The van der Waals surface area contributed by atoms with Crippen LogP contribution in [0.4, 0.5) is 0 Å². The molecule has 1 amide bonds. The number of nitrogens with zero attached hydrogens (tertiary/aromatic N) is 2. The van der Waals surface area contributed by atoms with Gasteiger partial charge in [-0.05, 0) is 18.6 Å². The molecule has 2 rings (SSSR count). The fourth-order valence-corrected chi connectivity index (χ4v) is 2.24. The molecule has 0 N–H and O–H groups in total. The molecule has 102 valence electrons. The Morgan fingerprint density at radius 1 is 1.37 bits per heavy atom. The van der Waals surface area contributed by atoms with Crippen molar-refractivity contribution in [3.63, 3.8) is 0 Å². The van der Waals surface area contributed by atoms with E-state index in [-0.39, 0.29) is 5.91 Å². The van der Waals surface area contributed by atoms with Crippen LogP contribution < -0.4 is 0 Å². The number of ether oxygens (including phenoxy) is 1. The van der Waals surface area contributed by atoms with E-state index in [1.54, 1.807) is 12.0 Å². The lowest BCUT2D eigenvalue weighted by Crippen LogP contribution is -2.29. The highest BCUT2D eigenvalue weighted by Gasteiger charge is 2.16. The van der Waals surface area contributed by atoms with Crippen LogP contribution in [0.1, 0.15) is 16.9 Å². The zero-order valence-electron chi connectivity index (χ0n) is 11.7.